The van der Waals surface area contributed by atoms with Crippen LogP contribution in [0, 0.1) is 11.3 Å². The minimum absolute atomic E-state index is 0.0761. The van der Waals surface area contributed by atoms with E-state index < -0.39 is 11.9 Å². The third-order valence-electron chi connectivity index (χ3n) is 3.70. The van der Waals surface area contributed by atoms with Gasteiger partial charge in [0.1, 0.15) is 11.6 Å². The topological polar surface area (TPSA) is 121 Å². The molecule has 0 aliphatic heterocycles. The van der Waals surface area contributed by atoms with E-state index in [0.717, 1.165) is 0 Å². The highest BCUT2D eigenvalue weighted by Crippen LogP contribution is 2.29. The zero-order valence-corrected chi connectivity index (χ0v) is 15.4. The highest BCUT2D eigenvalue weighted by molar-refractivity contribution is 6.06. The number of methoxy groups -OCH3 is 2. The smallest absolute Gasteiger partial charge is 0.307 e. The van der Waals surface area contributed by atoms with Crippen LogP contribution in [0.4, 0.5) is 11.4 Å². The number of nitrogens with one attached hydrogen (secondary N) is 2. The van der Waals surface area contributed by atoms with E-state index in [4.69, 9.17) is 14.6 Å². The number of ether oxygens (including phenoxy) is 2. The van der Waals surface area contributed by atoms with Crippen molar-refractivity contribution in [1.82, 2.24) is 0 Å². The number of benzene rings is 2. The molecule has 0 aliphatic rings. The van der Waals surface area contributed by atoms with E-state index in [1.54, 1.807) is 42.5 Å². The fourth-order valence-electron chi connectivity index (χ4n) is 2.31. The average molecular weight is 381 g/mol. The summed E-state index contributed by atoms with van der Waals surface area (Å²) in [6, 6.07) is 13.3. The summed E-state index contributed by atoms with van der Waals surface area (Å²) < 4.78 is 10.3. The predicted octanol–water partition coefficient (Wildman–Crippen LogP) is 2.79. The van der Waals surface area contributed by atoms with Crippen LogP contribution in [-0.4, -0.2) is 31.2 Å². The lowest BCUT2D eigenvalue weighted by Gasteiger charge is -2.10. The third-order valence-corrected chi connectivity index (χ3v) is 3.70. The van der Waals surface area contributed by atoms with Crippen LogP contribution < -0.4 is 20.1 Å². The van der Waals surface area contributed by atoms with Crippen molar-refractivity contribution < 1.29 is 24.2 Å². The number of nitriles is 1. The van der Waals surface area contributed by atoms with Gasteiger partial charge in [-0.2, -0.15) is 5.26 Å². The molecule has 0 aromatic heterocycles. The summed E-state index contributed by atoms with van der Waals surface area (Å²) in [5, 5.41) is 23.5. The van der Waals surface area contributed by atoms with Crippen molar-refractivity contribution in [2.75, 3.05) is 24.9 Å². The van der Waals surface area contributed by atoms with Crippen LogP contribution >= 0.6 is 0 Å². The van der Waals surface area contributed by atoms with Crippen LogP contribution in [-0.2, 0) is 16.0 Å². The van der Waals surface area contributed by atoms with E-state index >= 15 is 0 Å². The maximum Gasteiger partial charge on any atom is 0.307 e. The van der Waals surface area contributed by atoms with Gasteiger partial charge < -0.3 is 25.2 Å². The number of carboxylic acid groups (broad SMARTS) is 1. The lowest BCUT2D eigenvalue weighted by atomic mass is 10.1. The van der Waals surface area contributed by atoms with Gasteiger partial charge >= 0.3 is 5.97 Å². The van der Waals surface area contributed by atoms with Crippen molar-refractivity contribution in [3.8, 4) is 17.6 Å². The molecule has 0 unspecified atom stereocenters. The first-order valence-electron chi connectivity index (χ1n) is 8.17. The summed E-state index contributed by atoms with van der Waals surface area (Å²) in [6.45, 7) is 0. The zero-order chi connectivity index (χ0) is 20.5. The molecule has 0 radical (unpaired) electrons. The molecule has 0 bridgehead atoms. The van der Waals surface area contributed by atoms with Crippen LogP contribution in [0.1, 0.15) is 5.56 Å². The molecule has 28 heavy (non-hydrogen) atoms. The SMILES string of the molecule is COc1ccc(NC(=O)/C(C#N)=C\Nc2ccc(CC(=O)O)cc2)cc1OC. The number of aliphatic carboxylic acids is 1. The highest BCUT2D eigenvalue weighted by atomic mass is 16.5. The summed E-state index contributed by atoms with van der Waals surface area (Å²) in [4.78, 5) is 23.0. The minimum atomic E-state index is -0.917. The van der Waals surface area contributed by atoms with Gasteiger partial charge in [-0.3, -0.25) is 9.59 Å². The lowest BCUT2D eigenvalue weighted by molar-refractivity contribution is -0.136. The zero-order valence-electron chi connectivity index (χ0n) is 15.4. The third kappa shape index (κ3) is 5.51. The van der Waals surface area contributed by atoms with Gasteiger partial charge in [-0.05, 0) is 29.8 Å². The summed E-state index contributed by atoms with van der Waals surface area (Å²) in [6.07, 6.45) is 1.20. The maximum absolute atomic E-state index is 12.3. The van der Waals surface area contributed by atoms with Gasteiger partial charge in [0.25, 0.3) is 5.91 Å². The quantitative estimate of drug-likeness (QED) is 0.475. The van der Waals surface area contributed by atoms with Crippen molar-refractivity contribution in [3.63, 3.8) is 0 Å². The number of carboxylic acids is 1. The Morgan fingerprint density at radius 3 is 2.29 bits per heavy atom. The average Bonchev–Trinajstić information content (AvgIpc) is 2.69. The summed E-state index contributed by atoms with van der Waals surface area (Å²) in [5.74, 6) is -0.546. The Bertz CT molecular complexity index is 930. The number of carbonyl (C=O) groups is 2. The number of hydrogen-bond acceptors (Lipinski definition) is 6. The molecule has 2 rings (SSSR count). The Kier molecular flexibility index (Phi) is 6.99. The van der Waals surface area contributed by atoms with Crippen LogP contribution in [0.15, 0.2) is 54.2 Å². The number of rotatable bonds is 8. The minimum Gasteiger partial charge on any atom is -0.493 e. The molecule has 0 saturated carbocycles. The molecule has 0 aliphatic carbocycles. The van der Waals surface area contributed by atoms with E-state index in [1.807, 2.05) is 6.07 Å². The van der Waals surface area contributed by atoms with Crippen molar-refractivity contribution in [3.05, 3.63) is 59.8 Å². The van der Waals surface area contributed by atoms with Crippen LogP contribution in [0.2, 0.25) is 0 Å². The van der Waals surface area contributed by atoms with E-state index in [1.165, 1.54) is 20.4 Å². The van der Waals surface area contributed by atoms with Crippen molar-refractivity contribution in [2.45, 2.75) is 6.42 Å². The van der Waals surface area contributed by atoms with Gasteiger partial charge in [0.15, 0.2) is 11.5 Å². The van der Waals surface area contributed by atoms with E-state index in [0.29, 0.717) is 28.4 Å². The van der Waals surface area contributed by atoms with E-state index in [9.17, 15) is 14.9 Å². The molecule has 0 atom stereocenters. The molecule has 0 heterocycles. The van der Waals surface area contributed by atoms with Crippen molar-refractivity contribution in [2.24, 2.45) is 0 Å². The molecule has 2 aromatic carbocycles. The first kappa shape index (κ1) is 20.3. The van der Waals surface area contributed by atoms with Crippen LogP contribution in [0.25, 0.3) is 0 Å². The van der Waals surface area contributed by atoms with E-state index in [2.05, 4.69) is 10.6 Å². The molecule has 0 saturated heterocycles. The number of hydrogen-bond donors (Lipinski definition) is 3. The molecule has 1 amide bonds. The predicted molar refractivity (Wildman–Crippen MR) is 103 cm³/mol. The largest absolute Gasteiger partial charge is 0.493 e. The molecule has 8 heteroatoms. The Hall–Kier alpha value is -3.99. The second-order valence-electron chi connectivity index (χ2n) is 5.61. The highest BCUT2D eigenvalue weighted by Gasteiger charge is 2.11. The van der Waals surface area contributed by atoms with Crippen molar-refractivity contribution >= 4 is 23.3 Å². The normalized spacial score (nSPS) is 10.5. The fourth-order valence-corrected chi connectivity index (χ4v) is 2.31. The number of anilines is 2. The Labute approximate surface area is 162 Å². The number of amides is 1. The summed E-state index contributed by atoms with van der Waals surface area (Å²) in [5.41, 5.74) is 1.57. The van der Waals surface area contributed by atoms with E-state index in [-0.39, 0.29) is 12.0 Å². The van der Waals surface area contributed by atoms with Crippen molar-refractivity contribution in [1.29, 1.82) is 5.26 Å². The Morgan fingerprint density at radius 1 is 1.07 bits per heavy atom. The first-order valence-corrected chi connectivity index (χ1v) is 8.17. The van der Waals surface area contributed by atoms with Gasteiger partial charge in [0, 0.05) is 23.6 Å². The Morgan fingerprint density at radius 2 is 1.71 bits per heavy atom. The standard InChI is InChI=1S/C20H19N3O5/c1-27-17-8-7-16(10-18(17)28-2)23-20(26)14(11-21)12-22-15-5-3-13(4-6-15)9-19(24)25/h3-8,10,12,22H,9H2,1-2H3,(H,23,26)(H,24,25)/b14-12-. The molecule has 8 nitrogen and oxygen atoms in total. The second-order valence-corrected chi connectivity index (χ2v) is 5.61. The molecule has 3 N–H and O–H groups in total. The van der Waals surface area contributed by atoms with Gasteiger partial charge in [-0.15, -0.1) is 0 Å². The molecular formula is C20H19N3O5. The first-order chi connectivity index (χ1) is 13.5. The van der Waals surface area contributed by atoms with Crippen LogP contribution in [0.5, 0.6) is 11.5 Å². The van der Waals surface area contributed by atoms with Gasteiger partial charge in [-0.1, -0.05) is 12.1 Å². The molecule has 144 valence electrons. The molecule has 0 fully saturated rings. The fraction of sp³-hybridized carbons (Fsp3) is 0.150. The monoisotopic (exact) mass is 381 g/mol. The molecule has 0 spiro atoms. The van der Waals surface area contributed by atoms with Gasteiger partial charge in [0.2, 0.25) is 0 Å². The van der Waals surface area contributed by atoms with Crippen LogP contribution in [0.3, 0.4) is 0 Å². The maximum atomic E-state index is 12.3. The molecule has 2 aromatic rings. The van der Waals surface area contributed by atoms with Gasteiger partial charge in [-0.25, -0.2) is 0 Å². The molecular weight excluding hydrogens is 362 g/mol. The van der Waals surface area contributed by atoms with Gasteiger partial charge in [0.05, 0.1) is 20.6 Å². The number of nitrogens with zero attached hydrogens (tertiary/aromatic N) is 1. The Balaban J connectivity index is 2.06. The summed E-state index contributed by atoms with van der Waals surface area (Å²) in [7, 11) is 2.99. The lowest BCUT2D eigenvalue weighted by Crippen LogP contribution is -2.14. The second kappa shape index (κ2) is 9.64. The number of carbonyl (C=O) groups excluding carboxylic acids is 1. The summed E-state index contributed by atoms with van der Waals surface area (Å²) >= 11 is 0.